The monoisotopic (exact) mass is 301 g/mol. The van der Waals surface area contributed by atoms with Crippen molar-refractivity contribution in [3.63, 3.8) is 0 Å². The lowest BCUT2D eigenvalue weighted by Crippen LogP contribution is -2.32. The van der Waals surface area contributed by atoms with Crippen molar-refractivity contribution in [3.8, 4) is 0 Å². The van der Waals surface area contributed by atoms with Gasteiger partial charge in [0.2, 0.25) is 0 Å². The van der Waals surface area contributed by atoms with Crippen LogP contribution in [0.25, 0.3) is 0 Å². The summed E-state index contributed by atoms with van der Waals surface area (Å²) >= 11 is 3.21. The zero-order valence-electron chi connectivity index (χ0n) is 9.99. The van der Waals surface area contributed by atoms with Gasteiger partial charge in [-0.2, -0.15) is 0 Å². The minimum absolute atomic E-state index is 0.275. The van der Waals surface area contributed by atoms with Crippen molar-refractivity contribution in [1.82, 2.24) is 9.88 Å². The van der Waals surface area contributed by atoms with Gasteiger partial charge in [-0.25, -0.2) is 9.37 Å². The van der Waals surface area contributed by atoms with Gasteiger partial charge in [0.1, 0.15) is 0 Å². The molecule has 3 nitrogen and oxygen atoms in total. The van der Waals surface area contributed by atoms with E-state index in [1.54, 1.807) is 6.20 Å². The highest BCUT2D eigenvalue weighted by atomic mass is 79.9. The first-order valence-electron chi connectivity index (χ1n) is 5.91. The molecule has 1 saturated heterocycles. The number of pyridine rings is 1. The largest absolute Gasteiger partial charge is 0.356 e. The Balaban J connectivity index is 1.91. The second-order valence-electron chi connectivity index (χ2n) is 4.43. The Bertz CT molecular complexity index is 380. The Morgan fingerprint density at radius 1 is 1.47 bits per heavy atom. The highest BCUT2D eigenvalue weighted by Crippen LogP contribution is 2.19. The van der Waals surface area contributed by atoms with Crippen molar-refractivity contribution in [3.05, 3.63) is 22.6 Å². The number of hydrogen-bond acceptors (Lipinski definition) is 3. The standard InChI is InChI=1S/C12H17BrFN3/c1-16(6-7-17-4-2-3-5-17)12-11(14)8-10(13)9-15-12/h8-9H,2-7H2,1H3. The van der Waals surface area contributed by atoms with E-state index in [2.05, 4.69) is 25.8 Å². The predicted molar refractivity (Wildman–Crippen MR) is 70.8 cm³/mol. The second-order valence-corrected chi connectivity index (χ2v) is 5.34. The summed E-state index contributed by atoms with van der Waals surface area (Å²) in [7, 11) is 1.88. The fourth-order valence-electron chi connectivity index (χ4n) is 2.09. The highest BCUT2D eigenvalue weighted by molar-refractivity contribution is 9.10. The maximum Gasteiger partial charge on any atom is 0.166 e. The van der Waals surface area contributed by atoms with E-state index in [4.69, 9.17) is 0 Å². The number of anilines is 1. The Hall–Kier alpha value is -0.680. The van der Waals surface area contributed by atoms with Gasteiger partial charge >= 0.3 is 0 Å². The highest BCUT2D eigenvalue weighted by Gasteiger charge is 2.14. The third-order valence-corrected chi connectivity index (χ3v) is 3.53. The average molecular weight is 302 g/mol. The SMILES string of the molecule is CN(CCN1CCCC1)c1ncc(Br)cc1F. The van der Waals surface area contributed by atoms with Gasteiger partial charge in [0.25, 0.3) is 0 Å². The summed E-state index contributed by atoms with van der Waals surface area (Å²) in [5.74, 6) is 0.149. The molecule has 2 heterocycles. The molecule has 94 valence electrons. The molecule has 0 bridgehead atoms. The van der Waals surface area contributed by atoms with Crippen LogP contribution in [0.1, 0.15) is 12.8 Å². The topological polar surface area (TPSA) is 19.4 Å². The Morgan fingerprint density at radius 3 is 2.82 bits per heavy atom. The molecule has 1 fully saturated rings. The third kappa shape index (κ3) is 3.39. The molecule has 0 radical (unpaired) electrons. The molecule has 1 aromatic heterocycles. The first-order valence-corrected chi connectivity index (χ1v) is 6.70. The van der Waals surface area contributed by atoms with Crippen LogP contribution in [0, 0.1) is 5.82 Å². The van der Waals surface area contributed by atoms with E-state index in [0.717, 1.165) is 13.1 Å². The molecule has 0 aliphatic carbocycles. The fourth-order valence-corrected chi connectivity index (χ4v) is 2.40. The Labute approximate surface area is 110 Å². The predicted octanol–water partition coefficient (Wildman–Crippen LogP) is 2.52. The van der Waals surface area contributed by atoms with Gasteiger partial charge in [0.15, 0.2) is 11.6 Å². The zero-order chi connectivity index (χ0) is 12.3. The molecule has 0 N–H and O–H groups in total. The van der Waals surface area contributed by atoms with Gasteiger partial charge in [0.05, 0.1) is 0 Å². The smallest absolute Gasteiger partial charge is 0.166 e. The molecule has 1 aliphatic rings. The summed E-state index contributed by atoms with van der Waals surface area (Å²) in [4.78, 5) is 8.39. The molecular formula is C12H17BrFN3. The van der Waals surface area contributed by atoms with Crippen LogP contribution in [-0.2, 0) is 0 Å². The first-order chi connectivity index (χ1) is 8.16. The molecular weight excluding hydrogens is 285 g/mol. The quantitative estimate of drug-likeness (QED) is 0.852. The van der Waals surface area contributed by atoms with E-state index in [0.29, 0.717) is 10.3 Å². The van der Waals surface area contributed by atoms with Crippen LogP contribution in [0.15, 0.2) is 16.7 Å². The van der Waals surface area contributed by atoms with E-state index in [1.165, 1.54) is 32.0 Å². The van der Waals surface area contributed by atoms with Gasteiger partial charge < -0.3 is 9.80 Å². The number of hydrogen-bond donors (Lipinski definition) is 0. The molecule has 1 aliphatic heterocycles. The molecule has 2 rings (SSSR count). The van der Waals surface area contributed by atoms with Gasteiger partial charge in [-0.1, -0.05) is 0 Å². The summed E-state index contributed by atoms with van der Waals surface area (Å²) in [6, 6.07) is 1.45. The van der Waals surface area contributed by atoms with E-state index in [1.807, 2.05) is 11.9 Å². The van der Waals surface area contributed by atoms with Crippen LogP contribution in [0.2, 0.25) is 0 Å². The number of likely N-dealkylation sites (N-methyl/N-ethyl adjacent to an activating group) is 1. The summed E-state index contributed by atoms with van der Waals surface area (Å²) < 4.78 is 14.3. The molecule has 0 spiro atoms. The van der Waals surface area contributed by atoms with E-state index in [-0.39, 0.29) is 5.82 Å². The van der Waals surface area contributed by atoms with Crippen molar-refractivity contribution < 1.29 is 4.39 Å². The summed E-state index contributed by atoms with van der Waals surface area (Å²) in [5, 5.41) is 0. The van der Waals surface area contributed by atoms with Crippen LogP contribution in [0.4, 0.5) is 10.2 Å². The van der Waals surface area contributed by atoms with Crippen molar-refractivity contribution in [2.45, 2.75) is 12.8 Å². The third-order valence-electron chi connectivity index (χ3n) is 3.10. The maximum atomic E-state index is 13.7. The molecule has 17 heavy (non-hydrogen) atoms. The van der Waals surface area contributed by atoms with E-state index >= 15 is 0 Å². The van der Waals surface area contributed by atoms with Crippen LogP contribution < -0.4 is 4.90 Å². The van der Waals surface area contributed by atoms with Gasteiger partial charge in [0, 0.05) is 30.8 Å². The fraction of sp³-hybridized carbons (Fsp3) is 0.583. The van der Waals surface area contributed by atoms with E-state index < -0.39 is 0 Å². The molecule has 5 heteroatoms. The van der Waals surface area contributed by atoms with Crippen LogP contribution >= 0.6 is 15.9 Å². The Morgan fingerprint density at radius 2 is 2.18 bits per heavy atom. The number of likely N-dealkylation sites (tertiary alicyclic amines) is 1. The molecule has 0 aromatic carbocycles. The van der Waals surface area contributed by atoms with Gasteiger partial charge in [-0.15, -0.1) is 0 Å². The van der Waals surface area contributed by atoms with Gasteiger partial charge in [-0.05, 0) is 47.9 Å². The molecule has 0 unspecified atom stereocenters. The number of rotatable bonds is 4. The minimum Gasteiger partial charge on any atom is -0.356 e. The Kier molecular flexibility index (Phi) is 4.34. The lowest BCUT2D eigenvalue weighted by Gasteiger charge is -2.22. The number of halogens is 2. The minimum atomic E-state index is -0.275. The second kappa shape index (κ2) is 5.78. The lowest BCUT2D eigenvalue weighted by molar-refractivity contribution is 0.346. The van der Waals surface area contributed by atoms with Crippen LogP contribution in [0.5, 0.6) is 0 Å². The number of aromatic nitrogens is 1. The maximum absolute atomic E-state index is 13.7. The number of nitrogens with zero attached hydrogens (tertiary/aromatic N) is 3. The van der Waals surface area contributed by atoms with E-state index in [9.17, 15) is 4.39 Å². The van der Waals surface area contributed by atoms with Crippen molar-refractivity contribution >= 4 is 21.7 Å². The van der Waals surface area contributed by atoms with Gasteiger partial charge in [-0.3, -0.25) is 0 Å². The van der Waals surface area contributed by atoms with Crippen molar-refractivity contribution in [2.24, 2.45) is 0 Å². The molecule has 0 saturated carbocycles. The van der Waals surface area contributed by atoms with Crippen molar-refractivity contribution in [1.29, 1.82) is 0 Å². The molecule has 0 atom stereocenters. The summed E-state index contributed by atoms with van der Waals surface area (Å²) in [6.45, 7) is 4.13. The molecule has 1 aromatic rings. The summed E-state index contributed by atoms with van der Waals surface area (Å²) in [6.07, 6.45) is 4.20. The zero-order valence-corrected chi connectivity index (χ0v) is 11.6. The van der Waals surface area contributed by atoms with Crippen LogP contribution in [-0.4, -0.2) is 43.1 Å². The van der Waals surface area contributed by atoms with Crippen molar-refractivity contribution in [2.75, 3.05) is 38.1 Å². The molecule has 0 amide bonds. The average Bonchev–Trinajstić information content (AvgIpc) is 2.78. The van der Waals surface area contributed by atoms with Crippen LogP contribution in [0.3, 0.4) is 0 Å². The normalized spacial score (nSPS) is 16.4. The summed E-state index contributed by atoms with van der Waals surface area (Å²) in [5.41, 5.74) is 0. The lowest BCUT2D eigenvalue weighted by atomic mass is 10.4. The first kappa shape index (κ1) is 12.8.